The van der Waals surface area contributed by atoms with E-state index in [1.807, 2.05) is 0 Å². The predicted octanol–water partition coefficient (Wildman–Crippen LogP) is 4.16. The zero-order chi connectivity index (χ0) is 14.8. The molecule has 1 aromatic carbocycles. The molecule has 0 unspecified atom stereocenters. The molecule has 0 amide bonds. The summed E-state index contributed by atoms with van der Waals surface area (Å²) in [4.78, 5) is 4.58. The first kappa shape index (κ1) is 13.7. The van der Waals surface area contributed by atoms with Crippen molar-refractivity contribution in [3.8, 4) is 11.3 Å². The van der Waals surface area contributed by atoms with Crippen molar-refractivity contribution in [2.75, 3.05) is 5.32 Å². The third kappa shape index (κ3) is 3.11. The maximum absolute atomic E-state index is 4.58. The van der Waals surface area contributed by atoms with Crippen molar-refractivity contribution >= 4 is 5.95 Å². The van der Waals surface area contributed by atoms with Crippen LogP contribution in [0, 0.1) is 0 Å². The Bertz CT molecular complexity index is 628. The van der Waals surface area contributed by atoms with Gasteiger partial charge in [0.15, 0.2) is 0 Å². The largest absolute Gasteiger partial charge is 0.350 e. The summed E-state index contributed by atoms with van der Waals surface area (Å²) >= 11 is 0. The topological polar surface area (TPSA) is 50.7 Å². The number of nitrogens with zero attached hydrogens (tertiary/aromatic N) is 3. The van der Waals surface area contributed by atoms with Crippen molar-refractivity contribution in [1.29, 1.82) is 0 Å². The number of hydrogen-bond acceptors (Lipinski definition) is 4. The van der Waals surface area contributed by atoms with Gasteiger partial charge in [0.05, 0.1) is 11.9 Å². The van der Waals surface area contributed by atoms with Crippen LogP contribution >= 0.6 is 0 Å². The van der Waals surface area contributed by atoms with Gasteiger partial charge in [0.2, 0.25) is 5.95 Å². The van der Waals surface area contributed by atoms with Crippen molar-refractivity contribution < 1.29 is 0 Å². The van der Waals surface area contributed by atoms with Crippen LogP contribution < -0.4 is 5.32 Å². The number of aromatic nitrogens is 3. The molecule has 0 aliphatic heterocycles. The lowest BCUT2D eigenvalue weighted by Gasteiger charge is -2.22. The van der Waals surface area contributed by atoms with E-state index in [-0.39, 0.29) is 0 Å². The van der Waals surface area contributed by atoms with Crippen LogP contribution in [0.1, 0.15) is 56.4 Å². The van der Waals surface area contributed by atoms with E-state index >= 15 is 0 Å². The summed E-state index contributed by atoms with van der Waals surface area (Å²) in [5.74, 6) is 1.40. The molecule has 2 aromatic rings. The van der Waals surface area contributed by atoms with Crippen LogP contribution in [-0.2, 0) is 0 Å². The summed E-state index contributed by atoms with van der Waals surface area (Å²) < 4.78 is 0. The van der Waals surface area contributed by atoms with E-state index in [9.17, 15) is 0 Å². The molecule has 0 saturated heterocycles. The monoisotopic (exact) mass is 294 g/mol. The van der Waals surface area contributed by atoms with Gasteiger partial charge in [-0.25, -0.2) is 4.98 Å². The van der Waals surface area contributed by atoms with E-state index in [4.69, 9.17) is 0 Å². The molecular formula is C18H22N4. The fourth-order valence-electron chi connectivity index (χ4n) is 3.28. The van der Waals surface area contributed by atoms with Gasteiger partial charge in [-0.2, -0.15) is 5.10 Å². The Morgan fingerprint density at radius 2 is 1.68 bits per heavy atom. The van der Waals surface area contributed by atoms with Crippen LogP contribution in [0.15, 0.2) is 30.5 Å². The second-order valence-electron chi connectivity index (χ2n) is 6.54. The molecule has 114 valence electrons. The standard InChI is InChI=1S/C18H22N4/c1-2-4-13(5-3-1)14-6-8-15(9-7-14)17-12-19-22-18(21-17)20-16-10-11-16/h6-9,12-13,16H,1-5,10-11H2,(H,20,21,22). The van der Waals surface area contributed by atoms with Gasteiger partial charge >= 0.3 is 0 Å². The third-order valence-electron chi connectivity index (χ3n) is 4.75. The molecule has 4 heteroatoms. The van der Waals surface area contributed by atoms with Crippen molar-refractivity contribution in [3.63, 3.8) is 0 Å². The van der Waals surface area contributed by atoms with E-state index in [0.29, 0.717) is 12.0 Å². The smallest absolute Gasteiger partial charge is 0.243 e. The first-order valence-corrected chi connectivity index (χ1v) is 8.45. The van der Waals surface area contributed by atoms with Gasteiger partial charge in [-0.3, -0.25) is 0 Å². The Balaban J connectivity index is 1.52. The highest BCUT2D eigenvalue weighted by molar-refractivity contribution is 5.59. The molecule has 22 heavy (non-hydrogen) atoms. The van der Waals surface area contributed by atoms with E-state index < -0.39 is 0 Å². The summed E-state index contributed by atoms with van der Waals surface area (Å²) in [6, 6.07) is 9.43. The van der Waals surface area contributed by atoms with Gasteiger partial charge < -0.3 is 5.32 Å². The lowest BCUT2D eigenvalue weighted by atomic mass is 9.84. The van der Waals surface area contributed by atoms with Crippen LogP contribution in [0.3, 0.4) is 0 Å². The van der Waals surface area contributed by atoms with Gasteiger partial charge in [-0.15, -0.1) is 5.10 Å². The number of nitrogens with one attached hydrogen (secondary N) is 1. The molecule has 0 spiro atoms. The molecule has 2 saturated carbocycles. The fourth-order valence-corrected chi connectivity index (χ4v) is 3.28. The van der Waals surface area contributed by atoms with Crippen molar-refractivity contribution in [2.45, 2.75) is 56.9 Å². The van der Waals surface area contributed by atoms with Crippen LogP contribution in [0.25, 0.3) is 11.3 Å². The Morgan fingerprint density at radius 1 is 0.909 bits per heavy atom. The van der Waals surface area contributed by atoms with Crippen LogP contribution in [0.4, 0.5) is 5.95 Å². The molecule has 2 fully saturated rings. The van der Waals surface area contributed by atoms with Crippen molar-refractivity contribution in [2.24, 2.45) is 0 Å². The lowest BCUT2D eigenvalue weighted by Crippen LogP contribution is -2.07. The van der Waals surface area contributed by atoms with E-state index in [0.717, 1.165) is 17.2 Å². The van der Waals surface area contributed by atoms with E-state index in [1.165, 1.54) is 50.5 Å². The van der Waals surface area contributed by atoms with Gasteiger partial charge in [-0.05, 0) is 37.2 Å². The lowest BCUT2D eigenvalue weighted by molar-refractivity contribution is 0.443. The minimum atomic E-state index is 0.547. The van der Waals surface area contributed by atoms with Gasteiger partial charge in [0.25, 0.3) is 0 Å². The molecule has 0 bridgehead atoms. The Labute approximate surface area is 131 Å². The van der Waals surface area contributed by atoms with Crippen LogP contribution in [0.2, 0.25) is 0 Å². The average molecular weight is 294 g/mol. The molecule has 4 nitrogen and oxygen atoms in total. The molecule has 4 rings (SSSR count). The van der Waals surface area contributed by atoms with E-state index in [1.54, 1.807) is 6.20 Å². The molecule has 0 atom stereocenters. The maximum Gasteiger partial charge on any atom is 0.243 e. The first-order valence-electron chi connectivity index (χ1n) is 8.45. The SMILES string of the molecule is c1cc(C2CCCCC2)ccc1-c1cnnc(NC2CC2)n1. The number of hydrogen-bond donors (Lipinski definition) is 1. The highest BCUT2D eigenvalue weighted by Gasteiger charge is 2.22. The quantitative estimate of drug-likeness (QED) is 0.920. The highest BCUT2D eigenvalue weighted by Crippen LogP contribution is 2.33. The van der Waals surface area contributed by atoms with Crippen molar-refractivity contribution in [3.05, 3.63) is 36.0 Å². The number of benzene rings is 1. The average Bonchev–Trinajstić information content (AvgIpc) is 3.40. The summed E-state index contributed by atoms with van der Waals surface area (Å²) in [7, 11) is 0. The summed E-state index contributed by atoms with van der Waals surface area (Å²) in [6.45, 7) is 0. The van der Waals surface area contributed by atoms with Gasteiger partial charge in [0, 0.05) is 11.6 Å². The minimum absolute atomic E-state index is 0.547. The fraction of sp³-hybridized carbons (Fsp3) is 0.500. The molecular weight excluding hydrogens is 272 g/mol. The maximum atomic E-state index is 4.58. The molecule has 0 radical (unpaired) electrons. The highest BCUT2D eigenvalue weighted by atomic mass is 15.2. The number of anilines is 1. The third-order valence-corrected chi connectivity index (χ3v) is 4.75. The second kappa shape index (κ2) is 6.03. The zero-order valence-corrected chi connectivity index (χ0v) is 12.8. The van der Waals surface area contributed by atoms with Crippen LogP contribution in [-0.4, -0.2) is 21.2 Å². The van der Waals surface area contributed by atoms with Crippen molar-refractivity contribution in [1.82, 2.24) is 15.2 Å². The van der Waals surface area contributed by atoms with Gasteiger partial charge in [-0.1, -0.05) is 43.5 Å². The second-order valence-corrected chi connectivity index (χ2v) is 6.54. The first-order chi connectivity index (χ1) is 10.9. The zero-order valence-electron chi connectivity index (χ0n) is 12.8. The Kier molecular flexibility index (Phi) is 3.75. The molecule has 2 aliphatic carbocycles. The predicted molar refractivity (Wildman–Crippen MR) is 87.7 cm³/mol. The molecule has 2 aliphatic rings. The Hall–Kier alpha value is -1.97. The summed E-state index contributed by atoms with van der Waals surface area (Å²) in [6.07, 6.45) is 11.0. The van der Waals surface area contributed by atoms with Crippen LogP contribution in [0.5, 0.6) is 0 Å². The summed E-state index contributed by atoms with van der Waals surface area (Å²) in [5, 5.41) is 11.4. The molecule has 1 heterocycles. The molecule has 1 N–H and O–H groups in total. The minimum Gasteiger partial charge on any atom is -0.350 e. The van der Waals surface area contributed by atoms with Gasteiger partial charge in [0.1, 0.15) is 0 Å². The summed E-state index contributed by atoms with van der Waals surface area (Å²) in [5.41, 5.74) is 3.49. The number of rotatable bonds is 4. The Morgan fingerprint density at radius 3 is 2.41 bits per heavy atom. The molecule has 1 aromatic heterocycles. The normalized spacial score (nSPS) is 19.1. The van der Waals surface area contributed by atoms with E-state index in [2.05, 4.69) is 44.8 Å².